The summed E-state index contributed by atoms with van der Waals surface area (Å²) in [6, 6.07) is 12.2. The highest BCUT2D eigenvalue weighted by atomic mass is 79.9. The Labute approximate surface area is 135 Å². The first-order valence-corrected chi connectivity index (χ1v) is 8.64. The van der Waals surface area contributed by atoms with Crippen molar-refractivity contribution in [1.82, 2.24) is 4.31 Å². The lowest BCUT2D eigenvalue weighted by atomic mass is 10.2. The van der Waals surface area contributed by atoms with Crippen molar-refractivity contribution < 1.29 is 13.3 Å². The second kappa shape index (κ2) is 5.45. The summed E-state index contributed by atoms with van der Waals surface area (Å²) in [4.78, 5) is 10.1. The lowest BCUT2D eigenvalue weighted by Gasteiger charge is -2.06. The van der Waals surface area contributed by atoms with Gasteiger partial charge in [0.15, 0.2) is 0 Å². The number of rotatable bonds is 4. The number of sulfonamides is 1. The van der Waals surface area contributed by atoms with Crippen LogP contribution in [0.25, 0.3) is 0 Å². The second-order valence-corrected chi connectivity index (χ2v) is 7.70. The molecule has 114 valence electrons. The number of non-ortho nitro benzene ring substituents is 1. The number of nitro groups is 1. The molecular weight excluding hydrogens is 372 g/mol. The summed E-state index contributed by atoms with van der Waals surface area (Å²) >= 11 is 3.34. The predicted molar refractivity (Wildman–Crippen MR) is 83.9 cm³/mol. The van der Waals surface area contributed by atoms with Crippen LogP contribution >= 0.6 is 15.9 Å². The van der Waals surface area contributed by atoms with Gasteiger partial charge in [-0.15, -0.1) is 0 Å². The van der Waals surface area contributed by atoms with Crippen LogP contribution in [0, 0.1) is 10.1 Å². The zero-order chi connectivity index (χ0) is 15.9. The number of benzene rings is 2. The van der Waals surface area contributed by atoms with Gasteiger partial charge < -0.3 is 0 Å². The van der Waals surface area contributed by atoms with E-state index >= 15 is 0 Å². The molecule has 0 amide bonds. The van der Waals surface area contributed by atoms with Crippen LogP contribution in [0.2, 0.25) is 0 Å². The third kappa shape index (κ3) is 2.77. The fourth-order valence-electron chi connectivity index (χ4n) is 2.22. The van der Waals surface area contributed by atoms with Crippen molar-refractivity contribution in [2.45, 2.75) is 10.9 Å². The summed E-state index contributed by atoms with van der Waals surface area (Å²) < 4.78 is 27.3. The minimum Gasteiger partial charge on any atom is -0.258 e. The molecule has 1 fully saturated rings. The molecule has 0 saturated carbocycles. The van der Waals surface area contributed by atoms with Crippen LogP contribution in [-0.4, -0.2) is 24.2 Å². The van der Waals surface area contributed by atoms with Crippen LogP contribution < -0.4 is 0 Å². The van der Waals surface area contributed by atoms with Gasteiger partial charge in [0, 0.05) is 23.2 Å². The predicted octanol–water partition coefficient (Wildman–Crippen LogP) is 3.10. The molecule has 22 heavy (non-hydrogen) atoms. The van der Waals surface area contributed by atoms with Gasteiger partial charge in [-0.05, 0) is 29.8 Å². The van der Waals surface area contributed by atoms with Crippen molar-refractivity contribution in [2.24, 2.45) is 0 Å². The number of hydrogen-bond donors (Lipinski definition) is 0. The Hall–Kier alpha value is -1.77. The Morgan fingerprint density at radius 1 is 1.09 bits per heavy atom. The van der Waals surface area contributed by atoms with Gasteiger partial charge in [-0.2, -0.15) is 4.31 Å². The number of nitrogens with zero attached hydrogens (tertiary/aromatic N) is 2. The van der Waals surface area contributed by atoms with Crippen molar-refractivity contribution >= 4 is 31.6 Å². The summed E-state index contributed by atoms with van der Waals surface area (Å²) in [5.41, 5.74) is 0.794. The minimum atomic E-state index is -3.62. The quantitative estimate of drug-likeness (QED) is 0.462. The zero-order valence-electron chi connectivity index (χ0n) is 11.2. The van der Waals surface area contributed by atoms with Gasteiger partial charge in [-0.1, -0.05) is 28.1 Å². The summed E-state index contributed by atoms with van der Waals surface area (Å²) in [5, 5.41) is 10.6. The van der Waals surface area contributed by atoms with Crippen LogP contribution in [0.5, 0.6) is 0 Å². The molecule has 1 saturated heterocycles. The highest BCUT2D eigenvalue weighted by molar-refractivity contribution is 9.10. The molecule has 2 unspecified atom stereocenters. The van der Waals surface area contributed by atoms with E-state index in [0.29, 0.717) is 6.54 Å². The van der Waals surface area contributed by atoms with Crippen molar-refractivity contribution in [1.29, 1.82) is 0 Å². The molecule has 1 heterocycles. The van der Waals surface area contributed by atoms with Crippen LogP contribution in [-0.2, 0) is 10.0 Å². The highest BCUT2D eigenvalue weighted by Crippen LogP contribution is 2.40. The Morgan fingerprint density at radius 2 is 1.68 bits per heavy atom. The smallest absolute Gasteiger partial charge is 0.258 e. The van der Waals surface area contributed by atoms with Gasteiger partial charge in [-0.25, -0.2) is 8.42 Å². The number of nitro benzene ring substituents is 1. The largest absolute Gasteiger partial charge is 0.269 e. The molecule has 0 radical (unpaired) electrons. The lowest BCUT2D eigenvalue weighted by molar-refractivity contribution is -0.384. The normalized spacial score (nSPS) is 20.6. The maximum Gasteiger partial charge on any atom is 0.269 e. The van der Waals surface area contributed by atoms with Gasteiger partial charge in [-0.3, -0.25) is 10.1 Å². The van der Waals surface area contributed by atoms with Crippen molar-refractivity contribution in [3.63, 3.8) is 0 Å². The molecule has 0 bridgehead atoms. The van der Waals surface area contributed by atoms with Crippen LogP contribution in [0.1, 0.15) is 11.6 Å². The molecule has 6 nitrogen and oxygen atoms in total. The molecule has 1 aliphatic heterocycles. The maximum atomic E-state index is 12.5. The molecule has 3 rings (SSSR count). The molecule has 0 aliphatic carbocycles. The van der Waals surface area contributed by atoms with E-state index in [0.717, 1.165) is 10.0 Å². The summed E-state index contributed by atoms with van der Waals surface area (Å²) in [7, 11) is -3.62. The lowest BCUT2D eigenvalue weighted by Crippen LogP contribution is -2.12. The van der Waals surface area contributed by atoms with E-state index in [9.17, 15) is 18.5 Å². The Balaban J connectivity index is 1.82. The molecule has 1 aliphatic rings. The van der Waals surface area contributed by atoms with E-state index in [1.165, 1.54) is 28.6 Å². The van der Waals surface area contributed by atoms with E-state index in [4.69, 9.17) is 0 Å². The monoisotopic (exact) mass is 382 g/mol. The zero-order valence-corrected chi connectivity index (χ0v) is 13.6. The first-order chi connectivity index (χ1) is 10.4. The van der Waals surface area contributed by atoms with E-state index in [2.05, 4.69) is 15.9 Å². The summed E-state index contributed by atoms with van der Waals surface area (Å²) in [6.45, 7) is 0.418. The molecule has 2 aromatic rings. The Morgan fingerprint density at radius 3 is 2.23 bits per heavy atom. The third-order valence-corrected chi connectivity index (χ3v) is 5.89. The standard InChI is InChI=1S/C14H11BrN2O4S/c15-11-3-1-10(2-4-11)14-9-16(14)22(20,21)13-7-5-12(6-8-13)17(18)19/h1-8,14H,9H2. The number of hydrogen-bond acceptors (Lipinski definition) is 4. The molecule has 0 aromatic heterocycles. The van der Waals surface area contributed by atoms with E-state index in [1.807, 2.05) is 24.3 Å². The fourth-order valence-corrected chi connectivity index (χ4v) is 4.03. The van der Waals surface area contributed by atoms with Crippen molar-refractivity contribution in [2.75, 3.05) is 6.54 Å². The van der Waals surface area contributed by atoms with Crippen LogP contribution in [0.3, 0.4) is 0 Å². The van der Waals surface area contributed by atoms with E-state index in [1.54, 1.807) is 0 Å². The highest BCUT2D eigenvalue weighted by Gasteiger charge is 2.45. The topological polar surface area (TPSA) is 80.3 Å². The van der Waals surface area contributed by atoms with Gasteiger partial charge in [0.1, 0.15) is 0 Å². The number of halogens is 1. The second-order valence-electron chi connectivity index (χ2n) is 4.89. The van der Waals surface area contributed by atoms with Crippen molar-refractivity contribution in [3.8, 4) is 0 Å². The molecule has 2 aromatic carbocycles. The van der Waals surface area contributed by atoms with E-state index in [-0.39, 0.29) is 16.6 Å². The van der Waals surface area contributed by atoms with Gasteiger partial charge in [0.25, 0.3) is 5.69 Å². The Kier molecular flexibility index (Phi) is 3.75. The summed E-state index contributed by atoms with van der Waals surface area (Å²) in [6.07, 6.45) is 0. The average Bonchev–Trinajstić information content (AvgIpc) is 3.29. The third-order valence-electron chi connectivity index (χ3n) is 3.48. The molecule has 0 N–H and O–H groups in total. The molecule has 0 spiro atoms. The summed E-state index contributed by atoms with van der Waals surface area (Å²) in [5.74, 6) is 0. The van der Waals surface area contributed by atoms with Crippen LogP contribution in [0.15, 0.2) is 57.9 Å². The van der Waals surface area contributed by atoms with Gasteiger partial charge >= 0.3 is 0 Å². The molecule has 8 heteroatoms. The molecular formula is C14H11BrN2O4S. The van der Waals surface area contributed by atoms with Crippen molar-refractivity contribution in [3.05, 3.63) is 68.7 Å². The van der Waals surface area contributed by atoms with Crippen LogP contribution in [0.4, 0.5) is 5.69 Å². The Bertz CT molecular complexity index is 819. The minimum absolute atomic E-state index is 0.0673. The van der Waals surface area contributed by atoms with Gasteiger partial charge in [0.2, 0.25) is 10.0 Å². The first-order valence-electron chi connectivity index (χ1n) is 6.41. The SMILES string of the molecule is O=[N+]([O-])c1ccc(S(=O)(=O)N2CC2c2ccc(Br)cc2)cc1. The first kappa shape index (κ1) is 15.1. The average molecular weight is 383 g/mol. The fraction of sp³-hybridized carbons (Fsp3) is 0.143. The maximum absolute atomic E-state index is 12.5. The van der Waals surface area contributed by atoms with E-state index < -0.39 is 14.9 Å². The molecule has 2 atom stereocenters. The van der Waals surface area contributed by atoms with Gasteiger partial charge in [0.05, 0.1) is 15.9 Å².